The average Bonchev–Trinajstić information content (AvgIpc) is 2.46. The Balaban J connectivity index is 2.27. The highest BCUT2D eigenvalue weighted by Gasteiger charge is 2.18. The highest BCUT2D eigenvalue weighted by atomic mass is 35.5. The second-order valence-electron chi connectivity index (χ2n) is 3.87. The van der Waals surface area contributed by atoms with Gasteiger partial charge in [-0.15, -0.1) is 0 Å². The van der Waals surface area contributed by atoms with Crippen molar-refractivity contribution in [2.45, 2.75) is 0 Å². The number of para-hydroxylation sites is 1. The molecule has 0 unspecified atom stereocenters. The van der Waals surface area contributed by atoms with E-state index in [1.54, 1.807) is 12.1 Å². The standard InChI is InChI=1S/C13H9ClN2O4/c14-11-3-1-2-4-12(11)15(18)13(17)9-5-7-10(8-6-9)16(19)20/h1-8,18H. The molecule has 0 aliphatic carbocycles. The number of nitro groups is 1. The van der Waals surface area contributed by atoms with Gasteiger partial charge in [-0.2, -0.15) is 5.06 Å². The molecule has 0 saturated carbocycles. The lowest BCUT2D eigenvalue weighted by Gasteiger charge is -2.16. The fourth-order valence-corrected chi connectivity index (χ4v) is 1.80. The molecular weight excluding hydrogens is 284 g/mol. The van der Waals surface area contributed by atoms with Gasteiger partial charge in [-0.3, -0.25) is 20.1 Å². The summed E-state index contributed by atoms with van der Waals surface area (Å²) in [6.07, 6.45) is 0. The van der Waals surface area contributed by atoms with E-state index in [-0.39, 0.29) is 22.0 Å². The van der Waals surface area contributed by atoms with Gasteiger partial charge in [0.15, 0.2) is 0 Å². The number of carbonyl (C=O) groups excluding carboxylic acids is 1. The molecule has 0 aromatic heterocycles. The number of anilines is 1. The third-order valence-electron chi connectivity index (χ3n) is 2.60. The molecule has 0 atom stereocenters. The number of hydrogen-bond acceptors (Lipinski definition) is 4. The lowest BCUT2D eigenvalue weighted by Crippen LogP contribution is -2.27. The molecule has 6 nitrogen and oxygen atoms in total. The van der Waals surface area contributed by atoms with Crippen molar-refractivity contribution in [2.75, 3.05) is 5.06 Å². The molecule has 1 N–H and O–H groups in total. The normalized spacial score (nSPS) is 10.1. The highest BCUT2D eigenvalue weighted by molar-refractivity contribution is 6.33. The second kappa shape index (κ2) is 5.68. The van der Waals surface area contributed by atoms with E-state index >= 15 is 0 Å². The Kier molecular flexibility index (Phi) is 3.97. The first-order valence-corrected chi connectivity index (χ1v) is 5.91. The summed E-state index contributed by atoms with van der Waals surface area (Å²) in [6, 6.07) is 11.2. The summed E-state index contributed by atoms with van der Waals surface area (Å²) in [7, 11) is 0. The number of rotatable bonds is 3. The predicted octanol–water partition coefficient (Wildman–Crippen LogP) is 3.28. The van der Waals surface area contributed by atoms with Crippen molar-refractivity contribution in [3.05, 3.63) is 69.2 Å². The van der Waals surface area contributed by atoms with E-state index in [1.165, 1.54) is 36.4 Å². The zero-order chi connectivity index (χ0) is 14.7. The number of hydrogen-bond donors (Lipinski definition) is 1. The van der Waals surface area contributed by atoms with E-state index in [2.05, 4.69) is 0 Å². The third kappa shape index (κ3) is 2.76. The first kappa shape index (κ1) is 14.0. The molecule has 1 amide bonds. The van der Waals surface area contributed by atoms with Crippen molar-refractivity contribution in [2.24, 2.45) is 0 Å². The van der Waals surface area contributed by atoms with Crippen molar-refractivity contribution < 1.29 is 14.9 Å². The number of carbonyl (C=O) groups is 1. The van der Waals surface area contributed by atoms with Crippen molar-refractivity contribution in [1.29, 1.82) is 0 Å². The van der Waals surface area contributed by atoms with E-state index in [0.29, 0.717) is 5.06 Å². The Hall–Kier alpha value is -2.44. The Morgan fingerprint density at radius 2 is 1.75 bits per heavy atom. The molecule has 0 bridgehead atoms. The van der Waals surface area contributed by atoms with Crippen LogP contribution in [0, 0.1) is 10.1 Å². The molecule has 0 saturated heterocycles. The summed E-state index contributed by atoms with van der Waals surface area (Å²) in [5, 5.41) is 21.0. The van der Waals surface area contributed by atoms with Crippen LogP contribution in [0.5, 0.6) is 0 Å². The largest absolute Gasteiger partial charge is 0.282 e. The summed E-state index contributed by atoms with van der Waals surface area (Å²) in [6.45, 7) is 0. The number of benzene rings is 2. The smallest absolute Gasteiger partial charge is 0.281 e. The Labute approximate surface area is 118 Å². The Bertz CT molecular complexity index is 658. The van der Waals surface area contributed by atoms with Crippen LogP contribution >= 0.6 is 11.6 Å². The van der Waals surface area contributed by atoms with Gasteiger partial charge in [0, 0.05) is 17.7 Å². The minimum Gasteiger partial charge on any atom is -0.281 e. The number of amides is 1. The Morgan fingerprint density at radius 1 is 1.15 bits per heavy atom. The van der Waals surface area contributed by atoms with Gasteiger partial charge in [-0.1, -0.05) is 23.7 Å². The van der Waals surface area contributed by atoms with Crippen LogP contribution in [0.2, 0.25) is 5.02 Å². The lowest BCUT2D eigenvalue weighted by molar-refractivity contribution is -0.384. The maximum Gasteiger partial charge on any atom is 0.282 e. The van der Waals surface area contributed by atoms with Crippen LogP contribution in [0.1, 0.15) is 10.4 Å². The van der Waals surface area contributed by atoms with Gasteiger partial charge in [0.05, 0.1) is 15.6 Å². The first-order valence-electron chi connectivity index (χ1n) is 5.53. The summed E-state index contributed by atoms with van der Waals surface area (Å²) in [5.41, 5.74) is 0.110. The van der Waals surface area contributed by atoms with E-state index in [1.807, 2.05) is 0 Å². The van der Waals surface area contributed by atoms with Crippen molar-refractivity contribution in [1.82, 2.24) is 0 Å². The van der Waals surface area contributed by atoms with Crippen molar-refractivity contribution >= 4 is 28.9 Å². The van der Waals surface area contributed by atoms with Gasteiger partial charge >= 0.3 is 0 Å². The van der Waals surface area contributed by atoms with E-state index in [9.17, 15) is 20.1 Å². The molecule has 0 aliphatic rings. The van der Waals surface area contributed by atoms with E-state index in [0.717, 1.165) is 0 Å². The number of nitro benzene ring substituents is 1. The zero-order valence-corrected chi connectivity index (χ0v) is 10.8. The number of hydroxylamine groups is 1. The van der Waals surface area contributed by atoms with Crippen LogP contribution in [0.3, 0.4) is 0 Å². The monoisotopic (exact) mass is 292 g/mol. The van der Waals surface area contributed by atoms with Crippen LogP contribution in [0.25, 0.3) is 0 Å². The number of halogens is 1. The van der Waals surface area contributed by atoms with Crippen LogP contribution < -0.4 is 5.06 Å². The second-order valence-corrected chi connectivity index (χ2v) is 4.28. The van der Waals surface area contributed by atoms with Crippen LogP contribution in [0.4, 0.5) is 11.4 Å². The summed E-state index contributed by atoms with van der Waals surface area (Å²) in [5.74, 6) is -0.729. The summed E-state index contributed by atoms with van der Waals surface area (Å²) >= 11 is 5.87. The van der Waals surface area contributed by atoms with Gasteiger partial charge < -0.3 is 0 Å². The number of nitrogens with zero attached hydrogens (tertiary/aromatic N) is 2. The lowest BCUT2D eigenvalue weighted by atomic mass is 10.2. The minimum absolute atomic E-state index is 0.109. The zero-order valence-electron chi connectivity index (χ0n) is 10.1. The predicted molar refractivity (Wildman–Crippen MR) is 73.1 cm³/mol. The fraction of sp³-hybridized carbons (Fsp3) is 0. The van der Waals surface area contributed by atoms with Crippen molar-refractivity contribution in [3.8, 4) is 0 Å². The van der Waals surface area contributed by atoms with E-state index in [4.69, 9.17) is 11.6 Å². The van der Waals surface area contributed by atoms with Gasteiger partial charge in [0.1, 0.15) is 0 Å². The average molecular weight is 293 g/mol. The molecule has 2 rings (SSSR count). The molecule has 0 aliphatic heterocycles. The minimum atomic E-state index is -0.729. The first-order chi connectivity index (χ1) is 9.50. The fourth-order valence-electron chi connectivity index (χ4n) is 1.58. The van der Waals surface area contributed by atoms with Gasteiger partial charge in [-0.05, 0) is 24.3 Å². The number of non-ortho nitro benzene ring substituents is 1. The third-order valence-corrected chi connectivity index (χ3v) is 2.92. The molecule has 7 heteroatoms. The molecule has 2 aromatic carbocycles. The maximum atomic E-state index is 12.0. The molecule has 0 spiro atoms. The molecule has 102 valence electrons. The highest BCUT2D eigenvalue weighted by Crippen LogP contribution is 2.25. The van der Waals surface area contributed by atoms with Gasteiger partial charge in [-0.25, -0.2) is 0 Å². The SMILES string of the molecule is O=C(c1ccc([N+](=O)[O-])cc1)N(O)c1ccccc1Cl. The van der Waals surface area contributed by atoms with E-state index < -0.39 is 10.8 Å². The topological polar surface area (TPSA) is 83.7 Å². The van der Waals surface area contributed by atoms with Crippen LogP contribution in [0.15, 0.2) is 48.5 Å². The molecule has 0 heterocycles. The maximum absolute atomic E-state index is 12.0. The molecule has 20 heavy (non-hydrogen) atoms. The van der Waals surface area contributed by atoms with Crippen LogP contribution in [-0.2, 0) is 0 Å². The molecular formula is C13H9ClN2O4. The molecule has 2 aromatic rings. The van der Waals surface area contributed by atoms with Gasteiger partial charge in [0.2, 0.25) is 0 Å². The summed E-state index contributed by atoms with van der Waals surface area (Å²) < 4.78 is 0. The van der Waals surface area contributed by atoms with Crippen LogP contribution in [-0.4, -0.2) is 16.0 Å². The molecule has 0 radical (unpaired) electrons. The van der Waals surface area contributed by atoms with Gasteiger partial charge in [0.25, 0.3) is 11.6 Å². The Morgan fingerprint density at radius 3 is 2.30 bits per heavy atom. The summed E-state index contributed by atoms with van der Waals surface area (Å²) in [4.78, 5) is 22.0. The quantitative estimate of drug-likeness (QED) is 0.534. The van der Waals surface area contributed by atoms with Crippen molar-refractivity contribution in [3.63, 3.8) is 0 Å². The molecule has 0 fully saturated rings.